The van der Waals surface area contributed by atoms with Gasteiger partial charge in [0, 0.05) is 55.4 Å². The molecule has 6 rings (SSSR count). The van der Waals surface area contributed by atoms with Gasteiger partial charge in [-0.25, -0.2) is 14.4 Å². The number of rotatable bonds is 6. The molecular formula is C28H30FN7O. The van der Waals surface area contributed by atoms with E-state index in [9.17, 15) is 9.18 Å². The first kappa shape index (κ1) is 23.4. The Labute approximate surface area is 215 Å². The van der Waals surface area contributed by atoms with Crippen LogP contribution in [0.1, 0.15) is 35.8 Å². The number of hydrogen-bond acceptors (Lipinski definition) is 5. The Balaban J connectivity index is 1.21. The quantitative estimate of drug-likeness (QED) is 0.398. The van der Waals surface area contributed by atoms with Gasteiger partial charge in [0.05, 0.1) is 12.0 Å². The molecule has 0 radical (unpaired) electrons. The lowest BCUT2D eigenvalue weighted by atomic mass is 9.92. The van der Waals surface area contributed by atoms with Gasteiger partial charge in [0.1, 0.15) is 17.2 Å². The lowest BCUT2D eigenvalue weighted by Crippen LogP contribution is -2.44. The van der Waals surface area contributed by atoms with Gasteiger partial charge in [-0.15, -0.1) is 0 Å². The van der Waals surface area contributed by atoms with Gasteiger partial charge < -0.3 is 24.7 Å². The number of imidazole rings is 2. The van der Waals surface area contributed by atoms with Crippen molar-refractivity contribution in [2.45, 2.75) is 25.3 Å². The molecule has 0 spiro atoms. The summed E-state index contributed by atoms with van der Waals surface area (Å²) >= 11 is 0. The molecule has 37 heavy (non-hydrogen) atoms. The Hall–Kier alpha value is -3.98. The topological polar surface area (TPSA) is 82.1 Å². The SMILES string of the molecule is CN1CCN(c2ccc(NC(=O)c3c[nH]c(-c4c(-c5ccc(F)cc5)ncn4C4CCC4)n3)cc2)CC1. The van der Waals surface area contributed by atoms with Gasteiger partial charge in [-0.05, 0) is 74.8 Å². The molecule has 190 valence electrons. The van der Waals surface area contributed by atoms with Crippen LogP contribution in [-0.2, 0) is 0 Å². The van der Waals surface area contributed by atoms with Gasteiger partial charge in [0.2, 0.25) is 0 Å². The van der Waals surface area contributed by atoms with Gasteiger partial charge in [-0.1, -0.05) is 0 Å². The Morgan fingerprint density at radius 2 is 1.76 bits per heavy atom. The molecule has 2 aromatic carbocycles. The number of carbonyl (C=O) groups is 1. The minimum absolute atomic E-state index is 0.284. The van der Waals surface area contributed by atoms with E-state index in [4.69, 9.17) is 0 Å². The summed E-state index contributed by atoms with van der Waals surface area (Å²) in [7, 11) is 2.14. The predicted octanol–water partition coefficient (Wildman–Crippen LogP) is 4.81. The van der Waals surface area contributed by atoms with Crippen LogP contribution in [0.4, 0.5) is 15.8 Å². The third kappa shape index (κ3) is 4.74. The van der Waals surface area contributed by atoms with Crippen molar-refractivity contribution in [3.63, 3.8) is 0 Å². The number of aromatic nitrogens is 4. The Bertz CT molecular complexity index is 1380. The number of benzene rings is 2. The number of aromatic amines is 1. The van der Waals surface area contributed by atoms with E-state index in [2.05, 4.69) is 41.7 Å². The highest BCUT2D eigenvalue weighted by Gasteiger charge is 2.27. The Kier molecular flexibility index (Phi) is 6.21. The van der Waals surface area contributed by atoms with E-state index >= 15 is 0 Å². The second-order valence-electron chi connectivity index (χ2n) is 9.87. The third-order valence-electron chi connectivity index (χ3n) is 7.41. The average molecular weight is 500 g/mol. The maximum Gasteiger partial charge on any atom is 0.275 e. The molecular weight excluding hydrogens is 469 g/mol. The zero-order valence-electron chi connectivity index (χ0n) is 20.8. The molecule has 1 aliphatic carbocycles. The van der Waals surface area contributed by atoms with E-state index in [-0.39, 0.29) is 11.7 Å². The fraction of sp³-hybridized carbons (Fsp3) is 0.321. The highest BCUT2D eigenvalue weighted by Crippen LogP contribution is 2.38. The molecule has 3 heterocycles. The van der Waals surface area contributed by atoms with Crippen LogP contribution in [0.25, 0.3) is 22.8 Å². The van der Waals surface area contributed by atoms with Crippen molar-refractivity contribution in [1.82, 2.24) is 24.4 Å². The fourth-order valence-electron chi connectivity index (χ4n) is 4.93. The van der Waals surface area contributed by atoms with Crippen molar-refractivity contribution < 1.29 is 9.18 Å². The number of nitrogens with zero attached hydrogens (tertiary/aromatic N) is 5. The summed E-state index contributed by atoms with van der Waals surface area (Å²) in [6, 6.07) is 14.6. The van der Waals surface area contributed by atoms with E-state index in [1.165, 1.54) is 18.6 Å². The van der Waals surface area contributed by atoms with Gasteiger partial charge in [-0.2, -0.15) is 0 Å². The maximum absolute atomic E-state index is 13.5. The second kappa shape index (κ2) is 9.82. The molecule has 0 atom stereocenters. The number of likely N-dealkylation sites (N-methyl/N-ethyl adjacent to an activating group) is 1. The summed E-state index contributed by atoms with van der Waals surface area (Å²) in [6.45, 7) is 4.08. The Morgan fingerprint density at radius 1 is 1.03 bits per heavy atom. The molecule has 4 aromatic rings. The average Bonchev–Trinajstić information content (AvgIpc) is 3.52. The molecule has 1 amide bonds. The van der Waals surface area contributed by atoms with Crippen molar-refractivity contribution in [1.29, 1.82) is 0 Å². The van der Waals surface area contributed by atoms with Crippen molar-refractivity contribution >= 4 is 17.3 Å². The Morgan fingerprint density at radius 3 is 2.43 bits per heavy atom. The van der Waals surface area contributed by atoms with E-state index in [0.29, 0.717) is 23.3 Å². The number of hydrogen-bond donors (Lipinski definition) is 2. The van der Waals surface area contributed by atoms with Crippen molar-refractivity contribution in [2.75, 3.05) is 43.4 Å². The highest BCUT2D eigenvalue weighted by atomic mass is 19.1. The smallest absolute Gasteiger partial charge is 0.275 e. The van der Waals surface area contributed by atoms with E-state index < -0.39 is 0 Å². The molecule has 0 unspecified atom stereocenters. The molecule has 2 aromatic heterocycles. The molecule has 9 heteroatoms. The zero-order chi connectivity index (χ0) is 25.4. The van der Waals surface area contributed by atoms with E-state index in [1.807, 2.05) is 30.6 Å². The number of piperazine rings is 1. The molecule has 2 N–H and O–H groups in total. The normalized spacial score (nSPS) is 16.5. The van der Waals surface area contributed by atoms with E-state index in [0.717, 1.165) is 61.7 Å². The molecule has 2 fully saturated rings. The first-order valence-electron chi connectivity index (χ1n) is 12.8. The molecule has 1 aliphatic heterocycles. The first-order valence-corrected chi connectivity index (χ1v) is 12.8. The van der Waals surface area contributed by atoms with E-state index in [1.54, 1.807) is 18.3 Å². The fourth-order valence-corrected chi connectivity index (χ4v) is 4.93. The summed E-state index contributed by atoms with van der Waals surface area (Å²) in [5.74, 6) is -0.00979. The number of anilines is 2. The monoisotopic (exact) mass is 499 g/mol. The minimum Gasteiger partial charge on any atom is -0.369 e. The standard InChI is InChI=1S/C28H30FN7O/c1-34-13-15-35(16-14-34)22-11-9-21(10-12-22)32-28(37)24-17-30-27(33-24)26-25(19-5-7-20(29)8-6-19)31-18-36(26)23-3-2-4-23/h5-12,17-18,23H,2-4,13-16H2,1H3,(H,30,33)(H,32,37). The summed E-state index contributed by atoms with van der Waals surface area (Å²) in [5, 5.41) is 2.95. The number of H-pyrrole nitrogens is 1. The summed E-state index contributed by atoms with van der Waals surface area (Å²) in [5.41, 5.74) is 4.51. The summed E-state index contributed by atoms with van der Waals surface area (Å²) in [6.07, 6.45) is 6.76. The largest absolute Gasteiger partial charge is 0.369 e. The number of nitrogens with one attached hydrogen (secondary N) is 2. The van der Waals surface area contributed by atoms with Gasteiger partial charge in [-0.3, -0.25) is 4.79 Å². The van der Waals surface area contributed by atoms with Gasteiger partial charge in [0.15, 0.2) is 5.82 Å². The molecule has 1 saturated heterocycles. The number of carbonyl (C=O) groups excluding carboxylic acids is 1. The molecule has 1 saturated carbocycles. The van der Waals surface area contributed by atoms with Crippen LogP contribution < -0.4 is 10.2 Å². The van der Waals surface area contributed by atoms with Crippen LogP contribution >= 0.6 is 0 Å². The van der Waals surface area contributed by atoms with Crippen molar-refractivity contribution in [3.8, 4) is 22.8 Å². The van der Waals surface area contributed by atoms with Crippen LogP contribution in [0.2, 0.25) is 0 Å². The number of halogens is 1. The summed E-state index contributed by atoms with van der Waals surface area (Å²) in [4.78, 5) is 30.2. The van der Waals surface area contributed by atoms with Crippen molar-refractivity contribution in [2.24, 2.45) is 0 Å². The number of amides is 1. The van der Waals surface area contributed by atoms with Crippen LogP contribution in [0.5, 0.6) is 0 Å². The maximum atomic E-state index is 13.5. The molecule has 8 nitrogen and oxygen atoms in total. The second-order valence-corrected chi connectivity index (χ2v) is 9.87. The van der Waals surface area contributed by atoms with Crippen molar-refractivity contribution in [3.05, 3.63) is 72.6 Å². The predicted molar refractivity (Wildman–Crippen MR) is 142 cm³/mol. The highest BCUT2D eigenvalue weighted by molar-refractivity contribution is 6.03. The zero-order valence-corrected chi connectivity index (χ0v) is 20.8. The van der Waals surface area contributed by atoms with Crippen LogP contribution in [0.15, 0.2) is 61.1 Å². The minimum atomic E-state index is -0.294. The van der Waals surface area contributed by atoms with Gasteiger partial charge in [0.25, 0.3) is 5.91 Å². The summed E-state index contributed by atoms with van der Waals surface area (Å²) < 4.78 is 15.7. The van der Waals surface area contributed by atoms with Crippen LogP contribution in [-0.4, -0.2) is 63.6 Å². The first-order chi connectivity index (χ1) is 18.0. The molecule has 2 aliphatic rings. The third-order valence-corrected chi connectivity index (χ3v) is 7.41. The molecule has 0 bridgehead atoms. The lowest BCUT2D eigenvalue weighted by Gasteiger charge is -2.34. The van der Waals surface area contributed by atoms with Crippen LogP contribution in [0.3, 0.4) is 0 Å². The van der Waals surface area contributed by atoms with Gasteiger partial charge >= 0.3 is 0 Å². The lowest BCUT2D eigenvalue weighted by molar-refractivity contribution is 0.102. The van der Waals surface area contributed by atoms with Crippen LogP contribution in [0, 0.1) is 5.82 Å².